The molecule has 0 aliphatic heterocycles. The first-order valence-electron chi connectivity index (χ1n) is 7.29. The lowest BCUT2D eigenvalue weighted by molar-refractivity contribution is 0.276. The Morgan fingerprint density at radius 2 is 2.10 bits per heavy atom. The van der Waals surface area contributed by atoms with Gasteiger partial charge in [0.05, 0.1) is 19.4 Å². The van der Waals surface area contributed by atoms with Crippen LogP contribution in [0, 0.1) is 0 Å². The van der Waals surface area contributed by atoms with Crippen molar-refractivity contribution in [1.29, 1.82) is 0 Å². The molecule has 0 saturated carbocycles. The zero-order valence-corrected chi connectivity index (χ0v) is 12.7. The molecule has 0 fully saturated rings. The lowest BCUT2D eigenvalue weighted by atomic mass is 10.1. The number of nitrogens with two attached hydrogens (primary N) is 1. The summed E-state index contributed by atoms with van der Waals surface area (Å²) < 4.78 is 13.4. The molecule has 0 aliphatic rings. The zero-order chi connectivity index (χ0) is 15.1. The molecule has 2 N–H and O–H groups in total. The normalized spacial score (nSPS) is 10.6. The number of aromatic nitrogens is 2. The average Bonchev–Trinajstić information content (AvgIpc) is 2.88. The van der Waals surface area contributed by atoms with Gasteiger partial charge in [0.25, 0.3) is 0 Å². The van der Waals surface area contributed by atoms with E-state index in [-0.39, 0.29) is 0 Å². The molecule has 5 heteroatoms. The van der Waals surface area contributed by atoms with Crippen molar-refractivity contribution in [2.24, 2.45) is 12.8 Å². The third-order valence-corrected chi connectivity index (χ3v) is 3.17. The van der Waals surface area contributed by atoms with Gasteiger partial charge < -0.3 is 15.2 Å². The number of aryl methyl sites for hydroxylation is 1. The molecule has 5 nitrogen and oxygen atoms in total. The van der Waals surface area contributed by atoms with Gasteiger partial charge in [0.2, 0.25) is 0 Å². The number of benzene rings is 1. The Labute approximate surface area is 125 Å². The molecule has 21 heavy (non-hydrogen) atoms. The van der Waals surface area contributed by atoms with Crippen molar-refractivity contribution in [2.45, 2.75) is 19.8 Å². The van der Waals surface area contributed by atoms with E-state index in [0.717, 1.165) is 35.5 Å². The van der Waals surface area contributed by atoms with Crippen LogP contribution in [0.1, 0.15) is 18.1 Å². The van der Waals surface area contributed by atoms with Crippen molar-refractivity contribution in [3.63, 3.8) is 0 Å². The van der Waals surface area contributed by atoms with Crippen LogP contribution in [-0.4, -0.2) is 29.5 Å². The van der Waals surface area contributed by atoms with Gasteiger partial charge >= 0.3 is 0 Å². The van der Waals surface area contributed by atoms with Crippen LogP contribution in [0.25, 0.3) is 0 Å². The minimum atomic E-state index is 0.591. The van der Waals surface area contributed by atoms with Crippen molar-refractivity contribution in [2.75, 3.05) is 19.8 Å². The molecule has 2 aromatic rings. The fraction of sp³-hybridized carbons (Fsp3) is 0.438. The van der Waals surface area contributed by atoms with Gasteiger partial charge in [-0.2, -0.15) is 5.10 Å². The number of hydrogen-bond acceptors (Lipinski definition) is 4. The number of para-hydroxylation sites is 1. The van der Waals surface area contributed by atoms with Gasteiger partial charge in [-0.25, -0.2) is 0 Å². The highest BCUT2D eigenvalue weighted by Crippen LogP contribution is 2.31. The summed E-state index contributed by atoms with van der Waals surface area (Å²) in [5, 5.41) is 4.16. The molecule has 0 aliphatic carbocycles. The fourth-order valence-corrected chi connectivity index (χ4v) is 2.22. The van der Waals surface area contributed by atoms with Crippen LogP contribution >= 0.6 is 0 Å². The maximum absolute atomic E-state index is 5.97. The molecule has 0 spiro atoms. The molecule has 1 aromatic heterocycles. The molecule has 0 amide bonds. The molecular weight excluding hydrogens is 266 g/mol. The Hall–Kier alpha value is -2.01. The minimum Gasteiger partial charge on any atom is -0.490 e. The molecule has 0 radical (unpaired) electrons. The highest BCUT2D eigenvalue weighted by atomic mass is 16.5. The second-order valence-corrected chi connectivity index (χ2v) is 4.84. The summed E-state index contributed by atoms with van der Waals surface area (Å²) in [6.07, 6.45) is 5.46. The Morgan fingerprint density at radius 1 is 1.24 bits per heavy atom. The van der Waals surface area contributed by atoms with Crippen LogP contribution in [0.15, 0.2) is 30.6 Å². The predicted molar refractivity (Wildman–Crippen MR) is 82.8 cm³/mol. The molecule has 0 unspecified atom stereocenters. The molecule has 1 heterocycles. The van der Waals surface area contributed by atoms with E-state index in [0.29, 0.717) is 19.8 Å². The van der Waals surface area contributed by atoms with Crippen molar-refractivity contribution >= 4 is 0 Å². The van der Waals surface area contributed by atoms with E-state index in [1.165, 1.54) is 0 Å². The topological polar surface area (TPSA) is 62.3 Å². The molecule has 2 rings (SSSR count). The number of rotatable bonds is 8. The lowest BCUT2D eigenvalue weighted by Gasteiger charge is -2.15. The molecule has 1 aromatic carbocycles. The quantitative estimate of drug-likeness (QED) is 0.806. The smallest absolute Gasteiger partial charge is 0.164 e. The van der Waals surface area contributed by atoms with Crippen LogP contribution < -0.4 is 15.2 Å². The number of nitrogens with zero attached hydrogens (tertiary/aromatic N) is 2. The van der Waals surface area contributed by atoms with Gasteiger partial charge in [0, 0.05) is 19.7 Å². The standard InChI is InChI=1S/C16H23N3O2/c1-3-20-15-6-4-5-14(7-9-17)16(15)21-10-8-13-11-18-19(2)12-13/h4-6,11-12H,3,7-10,17H2,1-2H3. The third-order valence-electron chi connectivity index (χ3n) is 3.17. The third kappa shape index (κ3) is 4.23. The summed E-state index contributed by atoms with van der Waals surface area (Å²) in [5.41, 5.74) is 7.92. The van der Waals surface area contributed by atoms with Crippen LogP contribution in [0.3, 0.4) is 0 Å². The summed E-state index contributed by atoms with van der Waals surface area (Å²) in [5.74, 6) is 1.60. The molecule has 0 saturated heterocycles. The second kappa shape index (κ2) is 7.69. The Bertz CT molecular complexity index is 542. The first-order valence-corrected chi connectivity index (χ1v) is 7.29. The van der Waals surface area contributed by atoms with Crippen molar-refractivity contribution in [1.82, 2.24) is 9.78 Å². The van der Waals surface area contributed by atoms with E-state index in [9.17, 15) is 0 Å². The summed E-state index contributed by atoms with van der Waals surface area (Å²) in [7, 11) is 1.91. The van der Waals surface area contributed by atoms with E-state index in [1.807, 2.05) is 44.6 Å². The number of ether oxygens (including phenoxy) is 2. The van der Waals surface area contributed by atoms with Gasteiger partial charge in [-0.15, -0.1) is 0 Å². The van der Waals surface area contributed by atoms with Gasteiger partial charge in [0.15, 0.2) is 11.5 Å². The number of hydrogen-bond donors (Lipinski definition) is 1. The van der Waals surface area contributed by atoms with E-state index in [2.05, 4.69) is 5.10 Å². The Balaban J connectivity index is 2.05. The van der Waals surface area contributed by atoms with Crippen LogP contribution in [-0.2, 0) is 19.9 Å². The van der Waals surface area contributed by atoms with E-state index < -0.39 is 0 Å². The van der Waals surface area contributed by atoms with Crippen molar-refractivity contribution in [3.8, 4) is 11.5 Å². The monoisotopic (exact) mass is 289 g/mol. The largest absolute Gasteiger partial charge is 0.490 e. The first-order chi connectivity index (χ1) is 10.2. The summed E-state index contributed by atoms with van der Waals surface area (Å²) in [6, 6.07) is 5.95. The van der Waals surface area contributed by atoms with Crippen LogP contribution in [0.5, 0.6) is 11.5 Å². The second-order valence-electron chi connectivity index (χ2n) is 4.84. The maximum Gasteiger partial charge on any atom is 0.164 e. The Kier molecular flexibility index (Phi) is 5.63. The van der Waals surface area contributed by atoms with Crippen molar-refractivity contribution in [3.05, 3.63) is 41.7 Å². The maximum atomic E-state index is 5.97. The first kappa shape index (κ1) is 15.4. The van der Waals surface area contributed by atoms with Crippen LogP contribution in [0.4, 0.5) is 0 Å². The van der Waals surface area contributed by atoms with Gasteiger partial charge in [-0.05, 0) is 37.1 Å². The SMILES string of the molecule is CCOc1cccc(CCN)c1OCCc1cnn(C)c1. The van der Waals surface area contributed by atoms with E-state index >= 15 is 0 Å². The summed E-state index contributed by atoms with van der Waals surface area (Å²) in [6.45, 7) is 3.77. The van der Waals surface area contributed by atoms with E-state index in [4.69, 9.17) is 15.2 Å². The highest BCUT2D eigenvalue weighted by molar-refractivity contribution is 5.46. The Morgan fingerprint density at radius 3 is 2.76 bits per heavy atom. The summed E-state index contributed by atoms with van der Waals surface area (Å²) >= 11 is 0. The van der Waals surface area contributed by atoms with Gasteiger partial charge in [-0.3, -0.25) is 4.68 Å². The van der Waals surface area contributed by atoms with E-state index in [1.54, 1.807) is 4.68 Å². The predicted octanol–water partition coefficient (Wildman–Crippen LogP) is 1.94. The molecule has 0 atom stereocenters. The summed E-state index contributed by atoms with van der Waals surface area (Å²) in [4.78, 5) is 0. The zero-order valence-electron chi connectivity index (χ0n) is 12.7. The average molecular weight is 289 g/mol. The van der Waals surface area contributed by atoms with Gasteiger partial charge in [0.1, 0.15) is 0 Å². The van der Waals surface area contributed by atoms with Crippen LogP contribution in [0.2, 0.25) is 0 Å². The fourth-order valence-electron chi connectivity index (χ4n) is 2.22. The minimum absolute atomic E-state index is 0.591. The highest BCUT2D eigenvalue weighted by Gasteiger charge is 2.10. The lowest BCUT2D eigenvalue weighted by Crippen LogP contribution is -2.09. The molecule has 0 bridgehead atoms. The molecular formula is C16H23N3O2. The van der Waals surface area contributed by atoms with Gasteiger partial charge in [-0.1, -0.05) is 12.1 Å². The van der Waals surface area contributed by atoms with Crippen molar-refractivity contribution < 1.29 is 9.47 Å². The molecule has 114 valence electrons.